The zero-order chi connectivity index (χ0) is 29.6. The van der Waals surface area contributed by atoms with E-state index in [1.165, 1.54) is 17.0 Å². The highest BCUT2D eigenvalue weighted by Gasteiger charge is 2.43. The maximum absolute atomic E-state index is 14.8. The third-order valence-electron chi connectivity index (χ3n) is 6.95. The number of hydrogen-bond acceptors (Lipinski definition) is 5. The van der Waals surface area contributed by atoms with Crippen LogP contribution in [0, 0.1) is 23.5 Å². The summed E-state index contributed by atoms with van der Waals surface area (Å²) in [6.45, 7) is 1.88. The normalized spacial score (nSPS) is 20.3. The van der Waals surface area contributed by atoms with Crippen LogP contribution in [0.3, 0.4) is 0 Å². The average Bonchev–Trinajstić information content (AvgIpc) is 3.62. The first kappa shape index (κ1) is 29.4. The second-order valence-electron chi connectivity index (χ2n) is 10.2. The Kier molecular flexibility index (Phi) is 7.94. The lowest BCUT2D eigenvalue weighted by Gasteiger charge is -2.27. The van der Waals surface area contributed by atoms with Gasteiger partial charge in [0.2, 0.25) is 5.91 Å². The van der Waals surface area contributed by atoms with Crippen molar-refractivity contribution in [1.29, 1.82) is 0 Å². The predicted octanol–water partition coefficient (Wildman–Crippen LogP) is 3.96. The van der Waals surface area contributed by atoms with E-state index in [9.17, 15) is 44.8 Å². The number of hydrogen-bond donors (Lipinski definition) is 2. The lowest BCUT2D eigenvalue weighted by molar-refractivity contribution is -0.140. The van der Waals surface area contributed by atoms with E-state index in [4.69, 9.17) is 5.11 Å². The van der Waals surface area contributed by atoms with Crippen molar-refractivity contribution < 1.29 is 49.9 Å². The largest absolute Gasteiger partial charge is 0.480 e. The number of carboxylic acids is 1. The second kappa shape index (κ2) is 10.8. The van der Waals surface area contributed by atoms with Crippen LogP contribution in [0.5, 0.6) is 0 Å². The summed E-state index contributed by atoms with van der Waals surface area (Å²) in [7, 11) is -4.23. The molecule has 1 saturated carbocycles. The van der Waals surface area contributed by atoms with E-state index in [1.54, 1.807) is 6.92 Å². The lowest BCUT2D eigenvalue weighted by atomic mass is 9.98. The highest BCUT2D eigenvalue weighted by molar-refractivity contribution is 7.92. The van der Waals surface area contributed by atoms with Crippen LogP contribution in [-0.2, 0) is 25.6 Å². The summed E-state index contributed by atoms with van der Waals surface area (Å²) < 4.78 is 92.7. The molecule has 1 aliphatic heterocycles. The van der Waals surface area contributed by atoms with Gasteiger partial charge in [0.15, 0.2) is 15.6 Å². The molecule has 2 N–H and O–H groups in total. The minimum atomic E-state index is -5.10. The molecule has 1 aliphatic carbocycles. The summed E-state index contributed by atoms with van der Waals surface area (Å²) in [6.07, 6.45) is -3.87. The Morgan fingerprint density at radius 1 is 1.10 bits per heavy atom. The Labute approximate surface area is 226 Å². The molecule has 0 unspecified atom stereocenters. The first-order valence-electron chi connectivity index (χ1n) is 12.3. The molecular weight excluding hydrogens is 563 g/mol. The fourth-order valence-corrected chi connectivity index (χ4v) is 5.98. The molecule has 0 spiro atoms. The monoisotopic (exact) mass is 588 g/mol. The standard InChI is InChI=1S/C26H25F5N2O6S/c1-13-7-21(33(11-13)25(37)15-3-2-4-16(8-15)40(38,39)12-22(34)35)24(36)32-23(14-5-6-14)17-9-20(28)18(10-19(17)27)26(29,30)31/h2-4,8-10,13-14,21,23H,5-7,11-12H2,1H3,(H,32,36)(H,34,35)/t13-,21-,23-/m1/s1. The molecule has 216 valence electrons. The quantitative estimate of drug-likeness (QED) is 0.451. The molecule has 3 atom stereocenters. The average molecular weight is 589 g/mol. The van der Waals surface area contributed by atoms with Crippen molar-refractivity contribution in [1.82, 2.24) is 10.2 Å². The fraction of sp³-hybridized carbons (Fsp3) is 0.423. The molecule has 14 heteroatoms. The van der Waals surface area contributed by atoms with E-state index in [-0.39, 0.29) is 41.3 Å². The first-order valence-corrected chi connectivity index (χ1v) is 14.0. The fourth-order valence-electron chi connectivity index (χ4n) is 4.90. The van der Waals surface area contributed by atoms with Gasteiger partial charge in [0, 0.05) is 17.7 Å². The Morgan fingerprint density at radius 3 is 2.38 bits per heavy atom. The molecule has 8 nitrogen and oxygen atoms in total. The van der Waals surface area contributed by atoms with E-state index in [2.05, 4.69) is 5.32 Å². The van der Waals surface area contributed by atoms with Gasteiger partial charge >= 0.3 is 12.1 Å². The van der Waals surface area contributed by atoms with Gasteiger partial charge < -0.3 is 15.3 Å². The molecule has 2 fully saturated rings. The highest BCUT2D eigenvalue weighted by Crippen LogP contribution is 2.43. The van der Waals surface area contributed by atoms with E-state index < -0.39 is 74.4 Å². The number of halogens is 5. The van der Waals surface area contributed by atoms with Crippen molar-refractivity contribution in [3.63, 3.8) is 0 Å². The zero-order valence-corrected chi connectivity index (χ0v) is 21.9. The van der Waals surface area contributed by atoms with Crippen molar-refractivity contribution in [3.8, 4) is 0 Å². The topological polar surface area (TPSA) is 121 Å². The van der Waals surface area contributed by atoms with Gasteiger partial charge in [0.25, 0.3) is 5.91 Å². The molecule has 2 aliphatic rings. The van der Waals surface area contributed by atoms with Crippen molar-refractivity contribution in [2.75, 3.05) is 12.3 Å². The number of aliphatic carboxylic acids is 1. The smallest absolute Gasteiger partial charge is 0.419 e. The number of alkyl halides is 3. The molecule has 2 aromatic rings. The first-order chi connectivity index (χ1) is 18.6. The predicted molar refractivity (Wildman–Crippen MR) is 130 cm³/mol. The number of benzene rings is 2. The Bertz CT molecular complexity index is 1460. The summed E-state index contributed by atoms with van der Waals surface area (Å²) in [5, 5.41) is 11.5. The van der Waals surface area contributed by atoms with Gasteiger partial charge in [-0.3, -0.25) is 14.4 Å². The van der Waals surface area contributed by atoms with Crippen LogP contribution in [0.15, 0.2) is 41.3 Å². The minimum Gasteiger partial charge on any atom is -0.480 e. The number of likely N-dealkylation sites (tertiary alicyclic amines) is 1. The molecule has 0 radical (unpaired) electrons. The number of nitrogens with zero attached hydrogens (tertiary/aromatic N) is 1. The van der Waals surface area contributed by atoms with Crippen LogP contribution in [-0.4, -0.2) is 54.5 Å². The highest BCUT2D eigenvalue weighted by atomic mass is 32.2. The van der Waals surface area contributed by atoms with Gasteiger partial charge in [0.05, 0.1) is 16.5 Å². The van der Waals surface area contributed by atoms with E-state index in [0.29, 0.717) is 18.9 Å². The molecule has 2 aromatic carbocycles. The number of amides is 2. The maximum Gasteiger partial charge on any atom is 0.419 e. The zero-order valence-electron chi connectivity index (χ0n) is 21.0. The van der Waals surface area contributed by atoms with Gasteiger partial charge in [-0.05, 0) is 61.4 Å². The van der Waals surface area contributed by atoms with Crippen LogP contribution >= 0.6 is 0 Å². The summed E-state index contributed by atoms with van der Waals surface area (Å²) >= 11 is 0. The second-order valence-corrected chi connectivity index (χ2v) is 12.2. The molecule has 1 saturated heterocycles. The molecule has 4 rings (SSSR count). The van der Waals surface area contributed by atoms with Gasteiger partial charge in [-0.1, -0.05) is 13.0 Å². The third-order valence-corrected chi connectivity index (χ3v) is 8.54. The van der Waals surface area contributed by atoms with Crippen molar-refractivity contribution in [3.05, 3.63) is 64.7 Å². The number of carbonyl (C=O) groups is 3. The molecule has 0 aromatic heterocycles. The summed E-state index contributed by atoms with van der Waals surface area (Å²) in [5.41, 5.74) is -2.29. The number of nitrogens with one attached hydrogen (secondary N) is 1. The SMILES string of the molecule is C[C@@H]1C[C@H](C(=O)N[C@@H](c2cc(F)c(C(F)(F)F)cc2F)C2CC2)N(C(=O)c2cccc(S(=O)(=O)CC(=O)O)c2)C1. The maximum atomic E-state index is 14.8. The van der Waals surface area contributed by atoms with Crippen LogP contribution in [0.25, 0.3) is 0 Å². The van der Waals surface area contributed by atoms with Gasteiger partial charge in [-0.2, -0.15) is 13.2 Å². The number of rotatable bonds is 8. The number of carboxylic acid groups (broad SMARTS) is 1. The Hall–Kier alpha value is -3.55. The Morgan fingerprint density at radius 2 is 1.77 bits per heavy atom. The van der Waals surface area contributed by atoms with Crippen molar-refractivity contribution in [2.45, 2.75) is 49.3 Å². The van der Waals surface area contributed by atoms with Gasteiger partial charge in [-0.15, -0.1) is 0 Å². The molecule has 40 heavy (non-hydrogen) atoms. The molecule has 2 amide bonds. The van der Waals surface area contributed by atoms with Crippen molar-refractivity contribution in [2.24, 2.45) is 11.8 Å². The van der Waals surface area contributed by atoms with Crippen LogP contribution < -0.4 is 5.32 Å². The van der Waals surface area contributed by atoms with Crippen LogP contribution in [0.1, 0.15) is 53.7 Å². The summed E-state index contributed by atoms with van der Waals surface area (Å²) in [6, 6.07) is 3.03. The van der Waals surface area contributed by atoms with E-state index in [1.807, 2.05) is 0 Å². The van der Waals surface area contributed by atoms with Gasteiger partial charge in [0.1, 0.15) is 17.7 Å². The van der Waals surface area contributed by atoms with Crippen LogP contribution in [0.4, 0.5) is 22.0 Å². The summed E-state index contributed by atoms with van der Waals surface area (Å²) in [4.78, 5) is 38.5. The van der Waals surface area contributed by atoms with E-state index in [0.717, 1.165) is 12.1 Å². The molecule has 0 bridgehead atoms. The summed E-state index contributed by atoms with van der Waals surface area (Å²) in [5.74, 6) is -7.68. The number of carbonyl (C=O) groups excluding carboxylic acids is 2. The number of sulfone groups is 1. The van der Waals surface area contributed by atoms with Crippen molar-refractivity contribution >= 4 is 27.6 Å². The van der Waals surface area contributed by atoms with Crippen LogP contribution in [0.2, 0.25) is 0 Å². The third kappa shape index (κ3) is 6.26. The van der Waals surface area contributed by atoms with E-state index >= 15 is 0 Å². The lowest BCUT2D eigenvalue weighted by Crippen LogP contribution is -2.47. The Balaban J connectivity index is 1.58. The van der Waals surface area contributed by atoms with Gasteiger partial charge in [-0.25, -0.2) is 17.2 Å². The molecular formula is C26H25F5N2O6S. The minimum absolute atomic E-state index is 0.0606. The molecule has 1 heterocycles.